The van der Waals surface area contributed by atoms with Gasteiger partial charge in [0, 0.05) is 39.3 Å². The summed E-state index contributed by atoms with van der Waals surface area (Å²) >= 11 is 0. The van der Waals surface area contributed by atoms with Crippen LogP contribution in [0.3, 0.4) is 0 Å². The molecule has 0 saturated heterocycles. The van der Waals surface area contributed by atoms with Gasteiger partial charge in [0.05, 0.1) is 35.2 Å². The van der Waals surface area contributed by atoms with Crippen LogP contribution in [0.15, 0.2) is 137 Å². The highest BCUT2D eigenvalue weighted by Gasteiger charge is 2.34. The first-order valence-electron chi connectivity index (χ1n) is 18.1. The molecule has 55 heavy (non-hydrogen) atoms. The van der Waals surface area contributed by atoms with Gasteiger partial charge in [-0.3, -0.25) is 19.6 Å². The molecule has 0 spiro atoms. The monoisotopic (exact) mass is 721 g/mol. The number of hydrogen-bond acceptors (Lipinski definition) is 5. The van der Waals surface area contributed by atoms with Crippen LogP contribution in [0, 0.1) is 13.8 Å². The van der Waals surface area contributed by atoms with E-state index in [9.17, 15) is 9.59 Å². The first-order valence-corrected chi connectivity index (χ1v) is 18.1. The maximum atomic E-state index is 13.3. The fourth-order valence-corrected chi connectivity index (χ4v) is 7.44. The van der Waals surface area contributed by atoms with Gasteiger partial charge in [-0.15, -0.1) is 0 Å². The third-order valence-electron chi connectivity index (χ3n) is 10.0. The van der Waals surface area contributed by atoms with Crippen LogP contribution in [0.2, 0.25) is 0 Å². The van der Waals surface area contributed by atoms with Gasteiger partial charge in [-0.1, -0.05) is 78.9 Å². The Hall–Kier alpha value is -7.13. The Morgan fingerprint density at radius 1 is 0.509 bits per heavy atom. The number of anilines is 2. The fraction of sp³-hybridized carbons (Fsp3) is 0.109. The van der Waals surface area contributed by atoms with E-state index in [0.717, 1.165) is 56.2 Å². The zero-order valence-electron chi connectivity index (χ0n) is 30.9. The van der Waals surface area contributed by atoms with E-state index in [2.05, 4.69) is 77.5 Å². The molecule has 9 heteroatoms. The lowest BCUT2D eigenvalue weighted by Gasteiger charge is -2.25. The molecule has 1 aliphatic heterocycles. The number of benzene rings is 4. The molecule has 0 unspecified atom stereocenters. The summed E-state index contributed by atoms with van der Waals surface area (Å²) in [5.74, 6) is -0.895. The summed E-state index contributed by atoms with van der Waals surface area (Å²) in [6, 6.07) is 40.0. The molecule has 0 fully saturated rings. The molecule has 10 bridgehead atoms. The molecular formula is C46H39N7O2. The highest BCUT2D eigenvalue weighted by molar-refractivity contribution is 6.06. The lowest BCUT2D eigenvalue weighted by molar-refractivity contribution is 0.101. The molecule has 4 N–H and O–H groups in total. The molecule has 4 heterocycles. The Morgan fingerprint density at radius 2 is 0.927 bits per heavy atom. The zero-order chi connectivity index (χ0) is 38.1. The van der Waals surface area contributed by atoms with Gasteiger partial charge in [-0.25, -0.2) is 4.98 Å². The van der Waals surface area contributed by atoms with Crippen molar-refractivity contribution in [3.8, 4) is 22.3 Å². The minimum atomic E-state index is -0.508. The second kappa shape index (κ2) is 14.4. The summed E-state index contributed by atoms with van der Waals surface area (Å²) < 4.78 is 0. The van der Waals surface area contributed by atoms with Gasteiger partial charge in [0.2, 0.25) is 0 Å². The van der Waals surface area contributed by atoms with Crippen molar-refractivity contribution in [3.05, 3.63) is 173 Å². The van der Waals surface area contributed by atoms with E-state index >= 15 is 0 Å². The molecule has 4 aromatic carbocycles. The lowest BCUT2D eigenvalue weighted by atomic mass is 9.80. The number of hydrogen-bond donors (Lipinski definition) is 4. The zero-order valence-corrected chi connectivity index (χ0v) is 30.9. The van der Waals surface area contributed by atoms with Crippen LogP contribution in [0.25, 0.3) is 22.3 Å². The molecule has 3 aromatic heterocycles. The van der Waals surface area contributed by atoms with E-state index < -0.39 is 17.2 Å². The summed E-state index contributed by atoms with van der Waals surface area (Å²) in [6.45, 7) is 8.76. The van der Waals surface area contributed by atoms with Crippen molar-refractivity contribution in [2.45, 2.75) is 33.1 Å². The number of aromatic nitrogens is 3. The highest BCUT2D eigenvalue weighted by atomic mass is 16.2. The summed E-state index contributed by atoms with van der Waals surface area (Å²) in [7, 11) is 0. The molecule has 270 valence electrons. The quantitative estimate of drug-likeness (QED) is 0.142. The minimum absolute atomic E-state index is 0.105. The number of fused-ring (bicyclic) bond motifs is 10. The minimum Gasteiger partial charge on any atom is -0.356 e. The van der Waals surface area contributed by atoms with Gasteiger partial charge in [-0.2, -0.15) is 0 Å². The molecule has 1 aliphatic rings. The third kappa shape index (κ3) is 6.91. The largest absolute Gasteiger partial charge is 0.356 e. The van der Waals surface area contributed by atoms with E-state index in [-0.39, 0.29) is 11.4 Å². The third-order valence-corrected chi connectivity index (χ3v) is 10.0. The first kappa shape index (κ1) is 34.9. The molecule has 8 rings (SSSR count). The summed E-state index contributed by atoms with van der Waals surface area (Å²) in [6.07, 6.45) is 3.70. The highest BCUT2D eigenvalue weighted by Crippen LogP contribution is 2.42. The molecule has 0 aliphatic carbocycles. The number of pyridine rings is 1. The van der Waals surface area contributed by atoms with E-state index in [4.69, 9.17) is 9.98 Å². The van der Waals surface area contributed by atoms with Crippen molar-refractivity contribution in [1.29, 1.82) is 0 Å². The number of rotatable bonds is 2. The Bertz CT molecular complexity index is 2460. The van der Waals surface area contributed by atoms with Crippen LogP contribution in [-0.4, -0.2) is 39.2 Å². The molecule has 7 aromatic rings. The normalized spacial score (nSPS) is 13.8. The number of aliphatic imine (C=N–C) groups is 2. The number of carbonyl (C=O) groups is 2. The molecule has 0 radical (unpaired) electrons. The number of nitrogens with one attached hydrogen (secondary N) is 4. The number of aromatic amines is 2. The van der Waals surface area contributed by atoms with Crippen molar-refractivity contribution in [3.63, 3.8) is 0 Å². The molecule has 2 amide bonds. The number of H-pyrrole nitrogens is 2. The van der Waals surface area contributed by atoms with E-state index in [0.29, 0.717) is 22.7 Å². The topological polar surface area (TPSA) is 127 Å². The predicted molar refractivity (Wildman–Crippen MR) is 222 cm³/mol. The maximum Gasteiger partial charge on any atom is 0.274 e. The van der Waals surface area contributed by atoms with Crippen molar-refractivity contribution < 1.29 is 9.59 Å². The summed E-state index contributed by atoms with van der Waals surface area (Å²) in [4.78, 5) is 48.4. The van der Waals surface area contributed by atoms with Gasteiger partial charge >= 0.3 is 0 Å². The molecule has 0 atom stereocenters. The second-order valence-electron chi connectivity index (χ2n) is 14.1. The summed E-state index contributed by atoms with van der Waals surface area (Å²) in [5.41, 5.74) is 12.4. The first-order chi connectivity index (χ1) is 26.7. The van der Waals surface area contributed by atoms with Crippen molar-refractivity contribution >= 4 is 47.0 Å². The van der Waals surface area contributed by atoms with Crippen LogP contribution in [0.4, 0.5) is 22.7 Å². The Balaban J connectivity index is 1.32. The SMILES string of the molecule is Cc1c2[nH]c(c1-c1ccccc1)C=Nc1cccc(c1)NC(=O)c1cccc(n1)C(=O)Nc1cccc(c1)N=Cc1[nH]c(c(C)c1-c1ccccc1)C2(C)C. The van der Waals surface area contributed by atoms with Crippen LogP contribution >= 0.6 is 0 Å². The molecule has 9 nitrogen and oxygen atoms in total. The average Bonchev–Trinajstić information content (AvgIpc) is 3.73. The Kier molecular flexibility index (Phi) is 9.12. The maximum absolute atomic E-state index is 13.3. The van der Waals surface area contributed by atoms with Crippen LogP contribution < -0.4 is 10.6 Å². The van der Waals surface area contributed by atoms with Gasteiger partial charge in [0.25, 0.3) is 11.8 Å². The van der Waals surface area contributed by atoms with Gasteiger partial charge in [0.1, 0.15) is 11.4 Å². The standard InChI is InChI=1S/C46H39N7O2/c1-28-40(30-14-7-5-8-15-30)38-26-47-32-18-11-20-34(24-32)49-44(54)36-22-13-23-37(51-36)45(55)50-35-21-12-19-33(25-35)48-27-39-41(31-16-9-6-10-17-31)29(2)43(53-39)46(3,4)42(28)52-38/h5-27,52-53H,1-4H3,(H,49,54)(H,50,55). The Morgan fingerprint density at radius 3 is 1.36 bits per heavy atom. The average molecular weight is 722 g/mol. The van der Waals surface area contributed by atoms with E-state index in [1.54, 1.807) is 42.5 Å². The molecular weight excluding hydrogens is 683 g/mol. The van der Waals surface area contributed by atoms with E-state index in [1.807, 2.05) is 73.1 Å². The van der Waals surface area contributed by atoms with Gasteiger partial charge < -0.3 is 20.6 Å². The van der Waals surface area contributed by atoms with Crippen LogP contribution in [-0.2, 0) is 5.41 Å². The van der Waals surface area contributed by atoms with Crippen LogP contribution in [0.5, 0.6) is 0 Å². The Labute approximate surface area is 319 Å². The van der Waals surface area contributed by atoms with Gasteiger partial charge in [0.15, 0.2) is 0 Å². The predicted octanol–water partition coefficient (Wildman–Crippen LogP) is 10.3. The van der Waals surface area contributed by atoms with Crippen molar-refractivity contribution in [1.82, 2.24) is 15.0 Å². The van der Waals surface area contributed by atoms with Crippen LogP contribution in [0.1, 0.15) is 68.7 Å². The van der Waals surface area contributed by atoms with E-state index in [1.165, 1.54) is 0 Å². The molecule has 0 saturated carbocycles. The second-order valence-corrected chi connectivity index (χ2v) is 14.1. The van der Waals surface area contributed by atoms with Crippen molar-refractivity contribution in [2.24, 2.45) is 9.98 Å². The number of amides is 2. The summed E-state index contributed by atoms with van der Waals surface area (Å²) in [5, 5.41) is 5.81. The number of carbonyl (C=O) groups excluding carboxylic acids is 2. The van der Waals surface area contributed by atoms with Crippen molar-refractivity contribution in [2.75, 3.05) is 10.6 Å². The smallest absolute Gasteiger partial charge is 0.274 e. The lowest BCUT2D eigenvalue weighted by Crippen LogP contribution is -2.22. The van der Waals surface area contributed by atoms with Gasteiger partial charge in [-0.05, 0) is 98.5 Å². The fourth-order valence-electron chi connectivity index (χ4n) is 7.44. The number of nitrogens with zero attached hydrogens (tertiary/aromatic N) is 3.